The van der Waals surface area contributed by atoms with Crippen molar-refractivity contribution < 1.29 is 27.1 Å². The Morgan fingerprint density at radius 1 is 1.12 bits per heavy atom. The van der Waals surface area contributed by atoms with E-state index in [1.54, 1.807) is 13.0 Å². The average molecular weight is 367 g/mol. The topological polar surface area (TPSA) is 81.7 Å². The fraction of sp³-hybridized carbons (Fsp3) is 0.235. The fourth-order valence-electron chi connectivity index (χ4n) is 2.21. The Labute approximate surface area is 145 Å². The van der Waals surface area contributed by atoms with E-state index in [4.69, 9.17) is 4.74 Å². The highest BCUT2D eigenvalue weighted by atomic mass is 32.2. The summed E-state index contributed by atoms with van der Waals surface area (Å²) in [6.45, 7) is 1.60. The van der Waals surface area contributed by atoms with Crippen molar-refractivity contribution in [1.29, 1.82) is 0 Å². The predicted molar refractivity (Wildman–Crippen MR) is 89.5 cm³/mol. The molecule has 2 rings (SSSR count). The van der Waals surface area contributed by atoms with Gasteiger partial charge in [0.15, 0.2) is 11.6 Å². The zero-order valence-electron chi connectivity index (χ0n) is 13.9. The van der Waals surface area contributed by atoms with Crippen LogP contribution in [0.5, 0.6) is 5.75 Å². The largest absolute Gasteiger partial charge is 0.494 e. The first-order valence-electron chi connectivity index (χ1n) is 7.32. The summed E-state index contributed by atoms with van der Waals surface area (Å²) < 4.78 is 50.5. The molecule has 8 heteroatoms. The Hall–Kier alpha value is -2.45. The monoisotopic (exact) mass is 367 g/mol. The van der Waals surface area contributed by atoms with Gasteiger partial charge in [-0.15, -0.1) is 0 Å². The number of methoxy groups -OCH3 is 2. The summed E-state index contributed by atoms with van der Waals surface area (Å²) in [4.78, 5) is 11.4. The van der Waals surface area contributed by atoms with Crippen molar-refractivity contribution in [3.8, 4) is 5.75 Å². The van der Waals surface area contributed by atoms with Crippen LogP contribution in [0.25, 0.3) is 0 Å². The molecule has 0 bridgehead atoms. The number of carbonyl (C=O) groups excluding carboxylic acids is 1. The number of ether oxygens (including phenoxy) is 2. The molecule has 0 fully saturated rings. The molecule has 1 unspecified atom stereocenters. The van der Waals surface area contributed by atoms with E-state index in [0.29, 0.717) is 5.56 Å². The number of hydrogen-bond donors (Lipinski definition) is 1. The molecular weight excluding hydrogens is 349 g/mol. The third-order valence-corrected chi connectivity index (χ3v) is 5.15. The van der Waals surface area contributed by atoms with E-state index in [9.17, 15) is 17.6 Å². The molecule has 0 aromatic heterocycles. The smallest absolute Gasteiger partial charge is 0.337 e. The Bertz CT molecular complexity index is 865. The van der Waals surface area contributed by atoms with E-state index in [1.165, 1.54) is 50.6 Å². The lowest BCUT2D eigenvalue weighted by Crippen LogP contribution is -2.27. The van der Waals surface area contributed by atoms with E-state index >= 15 is 0 Å². The second-order valence-electron chi connectivity index (χ2n) is 5.25. The number of sulfonamides is 1. The number of halogens is 1. The molecule has 6 nitrogen and oxygen atoms in total. The lowest BCUT2D eigenvalue weighted by Gasteiger charge is -2.15. The van der Waals surface area contributed by atoms with Crippen LogP contribution in [0, 0.1) is 5.82 Å². The zero-order chi connectivity index (χ0) is 18.6. The van der Waals surface area contributed by atoms with Crippen LogP contribution in [-0.2, 0) is 14.8 Å². The number of hydrogen-bond acceptors (Lipinski definition) is 5. The molecule has 25 heavy (non-hydrogen) atoms. The first-order valence-corrected chi connectivity index (χ1v) is 8.81. The van der Waals surface area contributed by atoms with Crippen molar-refractivity contribution in [2.45, 2.75) is 17.9 Å². The summed E-state index contributed by atoms with van der Waals surface area (Å²) in [5, 5.41) is 0. The third-order valence-electron chi connectivity index (χ3n) is 3.59. The van der Waals surface area contributed by atoms with Crippen molar-refractivity contribution in [2.24, 2.45) is 0 Å². The Kier molecular flexibility index (Phi) is 5.76. The summed E-state index contributed by atoms with van der Waals surface area (Å²) in [5.41, 5.74) is 0.694. The van der Waals surface area contributed by atoms with Crippen molar-refractivity contribution >= 4 is 16.0 Å². The number of carbonyl (C=O) groups is 1. The first-order chi connectivity index (χ1) is 11.8. The van der Waals surface area contributed by atoms with Crippen LogP contribution in [-0.4, -0.2) is 28.6 Å². The summed E-state index contributed by atoms with van der Waals surface area (Å²) in [6.07, 6.45) is 0. The number of esters is 1. The van der Waals surface area contributed by atoms with Gasteiger partial charge in [-0.2, -0.15) is 0 Å². The number of nitrogens with one attached hydrogen (secondary N) is 1. The molecule has 0 amide bonds. The van der Waals surface area contributed by atoms with Gasteiger partial charge in [-0.25, -0.2) is 22.3 Å². The van der Waals surface area contributed by atoms with Crippen molar-refractivity contribution in [2.75, 3.05) is 14.2 Å². The molecule has 134 valence electrons. The predicted octanol–water partition coefficient (Wildman–Crippen LogP) is 2.66. The second kappa shape index (κ2) is 7.62. The van der Waals surface area contributed by atoms with Gasteiger partial charge >= 0.3 is 5.97 Å². The highest BCUT2D eigenvalue weighted by molar-refractivity contribution is 7.89. The van der Waals surface area contributed by atoms with Crippen molar-refractivity contribution in [1.82, 2.24) is 4.72 Å². The maximum Gasteiger partial charge on any atom is 0.337 e. The summed E-state index contributed by atoms with van der Waals surface area (Å²) in [7, 11) is -1.25. The van der Waals surface area contributed by atoms with Crippen molar-refractivity contribution in [3.63, 3.8) is 0 Å². The van der Waals surface area contributed by atoms with Crippen LogP contribution in [0.3, 0.4) is 0 Å². The summed E-state index contributed by atoms with van der Waals surface area (Å²) >= 11 is 0. The van der Waals surface area contributed by atoms with Crippen LogP contribution >= 0.6 is 0 Å². The van der Waals surface area contributed by atoms with Gasteiger partial charge in [0.1, 0.15) is 0 Å². The summed E-state index contributed by atoms with van der Waals surface area (Å²) in [6, 6.07) is 8.88. The molecule has 0 radical (unpaired) electrons. The van der Waals surface area contributed by atoms with Gasteiger partial charge in [0.2, 0.25) is 10.0 Å². The molecule has 0 saturated carbocycles. The van der Waals surface area contributed by atoms with Gasteiger partial charge in [0.05, 0.1) is 24.7 Å². The maximum atomic E-state index is 13.8. The number of rotatable bonds is 6. The van der Waals surface area contributed by atoms with E-state index in [0.717, 1.165) is 0 Å². The fourth-order valence-corrected chi connectivity index (χ4v) is 3.44. The lowest BCUT2D eigenvalue weighted by molar-refractivity contribution is 0.0600. The Balaban J connectivity index is 2.20. The average Bonchev–Trinajstić information content (AvgIpc) is 2.60. The quantitative estimate of drug-likeness (QED) is 0.794. The lowest BCUT2D eigenvalue weighted by atomic mass is 10.1. The molecule has 2 aromatic rings. The molecule has 0 aliphatic rings. The minimum atomic E-state index is -3.84. The van der Waals surface area contributed by atoms with Gasteiger partial charge in [-0.1, -0.05) is 6.07 Å². The molecule has 1 N–H and O–H groups in total. The van der Waals surface area contributed by atoms with E-state index in [2.05, 4.69) is 9.46 Å². The Morgan fingerprint density at radius 2 is 1.76 bits per heavy atom. The number of benzene rings is 2. The van der Waals surface area contributed by atoms with Gasteiger partial charge in [-0.05, 0) is 48.9 Å². The molecule has 1 atom stereocenters. The molecule has 0 heterocycles. The van der Waals surface area contributed by atoms with E-state index < -0.39 is 27.9 Å². The minimum absolute atomic E-state index is 0.0130. The van der Waals surface area contributed by atoms with Gasteiger partial charge in [0.25, 0.3) is 0 Å². The van der Waals surface area contributed by atoms with Gasteiger partial charge < -0.3 is 9.47 Å². The zero-order valence-corrected chi connectivity index (χ0v) is 14.8. The van der Waals surface area contributed by atoms with Gasteiger partial charge in [0, 0.05) is 6.04 Å². The molecular formula is C17H18FNO5S. The van der Waals surface area contributed by atoms with Crippen LogP contribution in [0.15, 0.2) is 47.4 Å². The third kappa shape index (κ3) is 4.34. The van der Waals surface area contributed by atoms with Crippen LogP contribution in [0.2, 0.25) is 0 Å². The highest BCUT2D eigenvalue weighted by Crippen LogP contribution is 2.23. The van der Waals surface area contributed by atoms with Crippen LogP contribution < -0.4 is 9.46 Å². The van der Waals surface area contributed by atoms with Crippen LogP contribution in [0.1, 0.15) is 28.9 Å². The molecule has 0 aliphatic carbocycles. The minimum Gasteiger partial charge on any atom is -0.494 e. The molecule has 0 aliphatic heterocycles. The van der Waals surface area contributed by atoms with Crippen molar-refractivity contribution in [3.05, 3.63) is 59.4 Å². The highest BCUT2D eigenvalue weighted by Gasteiger charge is 2.20. The second-order valence-corrected chi connectivity index (χ2v) is 6.97. The maximum absolute atomic E-state index is 13.8. The standard InChI is InChI=1S/C17H18FNO5S/c1-11(13-6-9-16(23-2)15(18)10-13)19-25(21,22)14-7-4-12(5-8-14)17(20)24-3/h4-11,19H,1-3H3. The molecule has 2 aromatic carbocycles. The van der Waals surface area contributed by atoms with Gasteiger partial charge in [-0.3, -0.25) is 0 Å². The summed E-state index contributed by atoms with van der Waals surface area (Å²) in [5.74, 6) is -1.05. The SMILES string of the molecule is COC(=O)c1ccc(S(=O)(=O)NC(C)c2ccc(OC)c(F)c2)cc1. The normalized spacial score (nSPS) is 12.5. The molecule has 0 saturated heterocycles. The first kappa shape index (κ1) is 18.9. The molecule has 0 spiro atoms. The van der Waals surface area contributed by atoms with E-state index in [-0.39, 0.29) is 16.2 Å². The Morgan fingerprint density at radius 3 is 2.28 bits per heavy atom. The van der Waals surface area contributed by atoms with Crippen LogP contribution in [0.4, 0.5) is 4.39 Å². The van der Waals surface area contributed by atoms with E-state index in [1.807, 2.05) is 0 Å².